The normalized spacial score (nSPS) is 55.4. The van der Waals surface area contributed by atoms with E-state index < -0.39 is 261 Å². The molecule has 14 bridgehead atoms. The van der Waals surface area contributed by atoms with Gasteiger partial charge in [-0.2, -0.15) is 0 Å². The molecule has 21 aliphatic rings. The van der Waals surface area contributed by atoms with Crippen molar-refractivity contribution >= 4 is 0 Å². The van der Waals surface area contributed by atoms with Crippen LogP contribution in [0.2, 0.25) is 0 Å². The molecule has 0 spiro atoms. The van der Waals surface area contributed by atoms with Gasteiger partial charge < -0.3 is 174 Å². The first-order valence-electron chi connectivity index (χ1n) is 24.6. The summed E-state index contributed by atoms with van der Waals surface area (Å²) in [6, 6.07) is 0. The van der Waals surface area contributed by atoms with Crippen LogP contribution in [0.15, 0.2) is 0 Å². The van der Waals surface area contributed by atoms with Crippen molar-refractivity contribution in [3.8, 4) is 0 Å². The van der Waals surface area contributed by atoms with E-state index >= 15 is 0 Å². The maximum absolute atomic E-state index is 11.3. The van der Waals surface area contributed by atoms with E-state index in [0.29, 0.717) is 0 Å². The number of aliphatic hydroxyl groups excluding tert-OH is 21. The molecule has 0 aromatic heterocycles. The number of hydrogen-bond donors (Lipinski definition) is 21. The highest BCUT2D eigenvalue weighted by molar-refractivity contribution is 5.01. The molecule has 35 nitrogen and oxygen atoms in total. The third-order valence-corrected chi connectivity index (χ3v) is 14.8. The second-order valence-corrected chi connectivity index (χ2v) is 19.7. The first-order valence-corrected chi connectivity index (χ1v) is 24.6. The monoisotopic (exact) mass is 1130 g/mol. The Morgan fingerprint density at radius 1 is 0.156 bits per heavy atom. The first kappa shape index (κ1) is 61.7. The minimum atomic E-state index is -2.21. The van der Waals surface area contributed by atoms with Crippen LogP contribution < -0.4 is 0 Å². The largest absolute Gasteiger partial charge is 0.394 e. The summed E-state index contributed by atoms with van der Waals surface area (Å²) in [5.74, 6) is 0. The third kappa shape index (κ3) is 12.1. The molecule has 21 saturated heterocycles. The molecule has 21 N–H and O–H groups in total. The maximum atomic E-state index is 11.3. The second-order valence-electron chi connectivity index (χ2n) is 19.7. The van der Waals surface area contributed by atoms with Crippen molar-refractivity contribution in [1.82, 2.24) is 0 Å². The van der Waals surface area contributed by atoms with Gasteiger partial charge in [0.25, 0.3) is 0 Å². The van der Waals surface area contributed by atoms with E-state index in [0.717, 1.165) is 0 Å². The minimum Gasteiger partial charge on any atom is -0.394 e. The zero-order valence-electron chi connectivity index (χ0n) is 40.3. The van der Waals surface area contributed by atoms with Crippen molar-refractivity contribution in [3.63, 3.8) is 0 Å². The highest BCUT2D eigenvalue weighted by atomic mass is 16.8. The van der Waals surface area contributed by atoms with E-state index in [4.69, 9.17) is 66.3 Å². The summed E-state index contributed by atoms with van der Waals surface area (Å²) in [5, 5.41) is 230. The van der Waals surface area contributed by atoms with E-state index in [-0.39, 0.29) is 0 Å². The predicted octanol–water partition coefficient (Wildman–Crippen LogP) is -15.2. The van der Waals surface area contributed by atoms with Gasteiger partial charge in [-0.3, -0.25) is 0 Å². The molecule has 21 heterocycles. The lowest BCUT2D eigenvalue weighted by molar-refractivity contribution is -0.396. The highest BCUT2D eigenvalue weighted by Gasteiger charge is 2.59. The van der Waals surface area contributed by atoms with Gasteiger partial charge in [-0.25, -0.2) is 0 Å². The molecule has 0 aliphatic carbocycles. The summed E-state index contributed by atoms with van der Waals surface area (Å²) in [6.07, 6.45) is -70.2. The standard InChI is InChI=1S/C42H70O35/c43-1-8-29-15(50)22(57)36(64-8)72-30-9(2-44)66-38(24(59)17(30)52)74-32-11(4-46)68-40(26(61)19(32)54)76-34-13(6-48)70-42(28(63)21(34)56)77-35-14(7-49)69-41(27(62)20(35)55)75-33-12(5-47)67-39(25(60)18(33)53)73-31-10(3-45)65-37(71-29)23(58)16(31)51/h8-63H,1-7H2/t8-,9-,10-,11-,12-,13-,14-,15-,16-,17-,18-,19-,20-,21-,22-,23-,24-,25-,26-,27-,28-,29-,30-,31-,32-,33-,34-,35-,36-,37-,38-,39-,40-,41-,42?/m1/s1. The van der Waals surface area contributed by atoms with Crippen molar-refractivity contribution in [2.24, 2.45) is 0 Å². The molecule has 21 rings (SSSR count). The molecule has 0 aromatic rings. The Morgan fingerprint density at radius 3 is 0.351 bits per heavy atom. The summed E-state index contributed by atoms with van der Waals surface area (Å²) in [4.78, 5) is 0. The third-order valence-electron chi connectivity index (χ3n) is 14.8. The molecule has 0 saturated carbocycles. The lowest BCUT2D eigenvalue weighted by Crippen LogP contribution is -2.68. The Labute approximate surface area is 434 Å². The quantitative estimate of drug-likeness (QED) is 0.113. The smallest absolute Gasteiger partial charge is 0.187 e. The van der Waals surface area contributed by atoms with Gasteiger partial charge in [-0.05, 0) is 0 Å². The molecule has 0 amide bonds. The number of ether oxygens (including phenoxy) is 14. The van der Waals surface area contributed by atoms with E-state index in [1.54, 1.807) is 0 Å². The fraction of sp³-hybridized carbons (Fsp3) is 1.00. The Balaban J connectivity index is 1.08. The van der Waals surface area contributed by atoms with E-state index in [2.05, 4.69) is 0 Å². The van der Waals surface area contributed by atoms with Gasteiger partial charge in [0.05, 0.1) is 46.2 Å². The summed E-state index contributed by atoms with van der Waals surface area (Å²) < 4.78 is 79.5. The van der Waals surface area contributed by atoms with Crippen molar-refractivity contribution in [2.45, 2.75) is 215 Å². The molecule has 21 fully saturated rings. The number of aliphatic hydroxyl groups is 21. The van der Waals surface area contributed by atoms with Crippen LogP contribution in [0.25, 0.3) is 0 Å². The lowest BCUT2D eigenvalue weighted by Gasteiger charge is -2.50. The lowest BCUT2D eigenvalue weighted by atomic mass is 9.95. The van der Waals surface area contributed by atoms with Gasteiger partial charge in [-0.15, -0.1) is 0 Å². The topological polar surface area (TPSA) is 554 Å². The maximum Gasteiger partial charge on any atom is 0.187 e. The van der Waals surface area contributed by atoms with Crippen molar-refractivity contribution < 1.29 is 174 Å². The summed E-state index contributed by atoms with van der Waals surface area (Å²) in [6.45, 7) is -7.33. The number of hydrogen-bond acceptors (Lipinski definition) is 35. The van der Waals surface area contributed by atoms with Gasteiger partial charge >= 0.3 is 0 Å². The van der Waals surface area contributed by atoms with Gasteiger partial charge in [0, 0.05) is 0 Å². The van der Waals surface area contributed by atoms with E-state index in [1.807, 2.05) is 0 Å². The fourth-order valence-electron chi connectivity index (χ4n) is 10.4. The summed E-state index contributed by atoms with van der Waals surface area (Å²) in [5.41, 5.74) is 0. The Hall–Kier alpha value is -1.40. The average molecular weight is 1130 g/mol. The molecule has 1 unspecified atom stereocenters. The van der Waals surface area contributed by atoms with Crippen LogP contribution in [0.5, 0.6) is 0 Å². The van der Waals surface area contributed by atoms with E-state index in [1.165, 1.54) is 0 Å². The summed E-state index contributed by atoms with van der Waals surface area (Å²) in [7, 11) is 0. The molecule has 77 heavy (non-hydrogen) atoms. The van der Waals surface area contributed by atoms with Crippen LogP contribution in [0, 0.1) is 0 Å². The van der Waals surface area contributed by atoms with Crippen LogP contribution >= 0.6 is 0 Å². The molecule has 21 aliphatic heterocycles. The molecule has 0 aromatic carbocycles. The summed E-state index contributed by atoms with van der Waals surface area (Å²) >= 11 is 0. The minimum absolute atomic E-state index is 1.05. The molecule has 448 valence electrons. The predicted molar refractivity (Wildman–Crippen MR) is 228 cm³/mol. The SMILES string of the molecule is OC[C@H]1O[C@@H]2O[C@H]3[C@H](O)[C@@H](O)[C@@H](O[C@H]4[C@H](O)[C@@H](O)[C@@H](O[C@H]5[C@H](O)[C@@H](O)[C@@H](O[C@H]6[C@H](O)[C@@H](O)[C@@H](O[C@H]7[C@H](O)[C@@H](O)[C@@H](O[C@H]8[C@H](O)[C@@H](O)C(O[C@H]1[C@H](O)[C@H]2O)O[C@@H]8CO)O[C@@H]7CO)O[C@@H]6CO)O[C@@H]5CO)O[C@@H]4CO)O[C@@H]3CO. The first-order chi connectivity index (χ1) is 36.7. The van der Waals surface area contributed by atoms with Crippen LogP contribution in [-0.2, 0) is 66.3 Å². The molecular formula is C42H70O35. The molecule has 35 heteroatoms. The zero-order valence-corrected chi connectivity index (χ0v) is 40.3. The molecular weight excluding hydrogens is 1060 g/mol. The van der Waals surface area contributed by atoms with Crippen LogP contribution in [-0.4, -0.2) is 368 Å². The van der Waals surface area contributed by atoms with Crippen molar-refractivity contribution in [2.75, 3.05) is 46.2 Å². The van der Waals surface area contributed by atoms with Gasteiger partial charge in [0.2, 0.25) is 0 Å². The Kier molecular flexibility index (Phi) is 20.8. The van der Waals surface area contributed by atoms with Gasteiger partial charge in [0.1, 0.15) is 171 Å². The van der Waals surface area contributed by atoms with Crippen LogP contribution in [0.1, 0.15) is 0 Å². The van der Waals surface area contributed by atoms with Gasteiger partial charge in [0.15, 0.2) is 44.0 Å². The molecule has 0 radical (unpaired) electrons. The van der Waals surface area contributed by atoms with Crippen molar-refractivity contribution in [1.29, 1.82) is 0 Å². The van der Waals surface area contributed by atoms with Crippen LogP contribution in [0.4, 0.5) is 0 Å². The Bertz CT molecular complexity index is 1470. The van der Waals surface area contributed by atoms with Crippen molar-refractivity contribution in [3.05, 3.63) is 0 Å². The van der Waals surface area contributed by atoms with E-state index in [9.17, 15) is 107 Å². The average Bonchev–Trinajstić information content (AvgIpc) is 3.45. The molecule has 35 atom stereocenters. The Morgan fingerprint density at radius 2 is 0.260 bits per heavy atom. The van der Waals surface area contributed by atoms with Gasteiger partial charge in [-0.1, -0.05) is 0 Å². The highest BCUT2D eigenvalue weighted by Crippen LogP contribution is 2.39. The number of rotatable bonds is 7. The van der Waals surface area contributed by atoms with Crippen LogP contribution in [0.3, 0.4) is 0 Å². The fourth-order valence-corrected chi connectivity index (χ4v) is 10.4. The zero-order chi connectivity index (χ0) is 56.1. The second kappa shape index (κ2) is 26.0.